The smallest absolute Gasteiger partial charge is 0.337 e. The minimum atomic E-state index is -1.10. The van der Waals surface area contributed by atoms with Gasteiger partial charge in [-0.2, -0.15) is 0 Å². The molecule has 20 heavy (non-hydrogen) atoms. The molecule has 0 unspecified atom stereocenters. The van der Waals surface area contributed by atoms with Gasteiger partial charge in [-0.1, -0.05) is 0 Å². The molecule has 2 aromatic heterocycles. The number of fused-ring (bicyclic) bond motifs is 1. The lowest BCUT2D eigenvalue weighted by Crippen LogP contribution is -2.38. The Bertz CT molecular complexity index is 859. The van der Waals surface area contributed by atoms with Crippen LogP contribution >= 0.6 is 0 Å². The zero-order chi connectivity index (χ0) is 14.6. The number of pyridine rings is 1. The maximum Gasteiger partial charge on any atom is 0.337 e. The summed E-state index contributed by atoms with van der Waals surface area (Å²) in [5.74, 6) is -1.03. The monoisotopic (exact) mass is 275 g/mol. The molecule has 0 atom stereocenters. The van der Waals surface area contributed by atoms with Gasteiger partial charge >= 0.3 is 11.7 Å². The third-order valence-corrected chi connectivity index (χ3v) is 3.73. The Balaban J connectivity index is 2.58. The number of carboxylic acid groups (broad SMARTS) is 1. The van der Waals surface area contributed by atoms with E-state index in [1.807, 2.05) is 0 Å². The summed E-state index contributed by atoms with van der Waals surface area (Å²) in [5.41, 5.74) is -0.153. The van der Waals surface area contributed by atoms with Gasteiger partial charge in [-0.25, -0.2) is 14.6 Å². The number of rotatable bonds is 2. The van der Waals surface area contributed by atoms with Crippen molar-refractivity contribution in [3.8, 4) is 0 Å². The molecule has 1 aliphatic rings. The van der Waals surface area contributed by atoms with Crippen LogP contribution in [-0.4, -0.2) is 25.2 Å². The van der Waals surface area contributed by atoms with Gasteiger partial charge < -0.3 is 5.11 Å². The molecule has 2 heterocycles. The molecule has 0 bridgehead atoms. The van der Waals surface area contributed by atoms with Crippen LogP contribution in [0.15, 0.2) is 15.8 Å². The fourth-order valence-electron chi connectivity index (χ4n) is 2.52. The standard InChI is InChI=1S/C13H13N3O4/c1-15-10-9(11(17)16(2)13(15)20)8(6-3-4-6)7(5-14-10)12(18)19/h5-6H,3-4H2,1-2H3,(H,18,19). The fraction of sp³-hybridized carbons (Fsp3) is 0.385. The highest BCUT2D eigenvalue weighted by Crippen LogP contribution is 2.43. The van der Waals surface area contributed by atoms with Crippen molar-refractivity contribution in [2.24, 2.45) is 14.1 Å². The van der Waals surface area contributed by atoms with E-state index in [4.69, 9.17) is 0 Å². The van der Waals surface area contributed by atoms with E-state index in [-0.39, 0.29) is 22.5 Å². The second kappa shape index (κ2) is 4.03. The van der Waals surface area contributed by atoms with Crippen LogP contribution in [0, 0.1) is 0 Å². The summed E-state index contributed by atoms with van der Waals surface area (Å²) in [5, 5.41) is 9.52. The summed E-state index contributed by atoms with van der Waals surface area (Å²) >= 11 is 0. The van der Waals surface area contributed by atoms with Crippen molar-refractivity contribution >= 4 is 17.0 Å². The molecular formula is C13H13N3O4. The van der Waals surface area contributed by atoms with Gasteiger partial charge in [0.2, 0.25) is 0 Å². The van der Waals surface area contributed by atoms with E-state index >= 15 is 0 Å². The lowest BCUT2D eigenvalue weighted by molar-refractivity contribution is 0.0695. The van der Waals surface area contributed by atoms with E-state index in [0.29, 0.717) is 5.56 Å². The molecular weight excluding hydrogens is 262 g/mol. The second-order valence-corrected chi connectivity index (χ2v) is 5.07. The highest BCUT2D eigenvalue weighted by atomic mass is 16.4. The van der Waals surface area contributed by atoms with E-state index in [9.17, 15) is 19.5 Å². The molecule has 1 fully saturated rings. The molecule has 2 aromatic rings. The number of carboxylic acids is 1. The SMILES string of the molecule is Cn1c(=O)c2c(C3CC3)c(C(=O)O)cnc2n(C)c1=O. The molecule has 0 radical (unpaired) electrons. The number of aromatic carboxylic acids is 1. The van der Waals surface area contributed by atoms with Crippen molar-refractivity contribution in [3.63, 3.8) is 0 Å². The second-order valence-electron chi connectivity index (χ2n) is 5.07. The van der Waals surface area contributed by atoms with E-state index in [2.05, 4.69) is 4.98 Å². The fourth-order valence-corrected chi connectivity index (χ4v) is 2.52. The summed E-state index contributed by atoms with van der Waals surface area (Å²) in [6.45, 7) is 0. The van der Waals surface area contributed by atoms with Gasteiger partial charge in [0.1, 0.15) is 5.65 Å². The lowest BCUT2D eigenvalue weighted by atomic mass is 10.0. The maximum absolute atomic E-state index is 12.3. The minimum Gasteiger partial charge on any atom is -0.478 e. The summed E-state index contributed by atoms with van der Waals surface area (Å²) < 4.78 is 2.26. The Morgan fingerprint density at radius 2 is 1.95 bits per heavy atom. The summed E-state index contributed by atoms with van der Waals surface area (Å²) in [6, 6.07) is 0. The Morgan fingerprint density at radius 3 is 2.50 bits per heavy atom. The number of nitrogens with zero attached hydrogens (tertiary/aromatic N) is 3. The first-order chi connectivity index (χ1) is 9.43. The molecule has 0 aromatic carbocycles. The van der Waals surface area contributed by atoms with Gasteiger partial charge in [-0.15, -0.1) is 0 Å². The molecule has 0 amide bonds. The number of carbonyl (C=O) groups is 1. The number of hydrogen-bond acceptors (Lipinski definition) is 4. The topological polar surface area (TPSA) is 94.2 Å². The van der Waals surface area contributed by atoms with E-state index in [0.717, 1.165) is 17.4 Å². The van der Waals surface area contributed by atoms with Crippen molar-refractivity contribution in [2.75, 3.05) is 0 Å². The van der Waals surface area contributed by atoms with Crippen molar-refractivity contribution in [1.82, 2.24) is 14.1 Å². The average molecular weight is 275 g/mol. The number of aryl methyl sites for hydroxylation is 1. The van der Waals surface area contributed by atoms with Gasteiger partial charge in [0, 0.05) is 20.3 Å². The molecule has 7 heteroatoms. The number of hydrogen-bond donors (Lipinski definition) is 1. The van der Waals surface area contributed by atoms with Gasteiger partial charge in [-0.3, -0.25) is 13.9 Å². The van der Waals surface area contributed by atoms with E-state index < -0.39 is 17.2 Å². The van der Waals surface area contributed by atoms with Crippen molar-refractivity contribution in [2.45, 2.75) is 18.8 Å². The van der Waals surface area contributed by atoms with Crippen LogP contribution in [0.25, 0.3) is 11.0 Å². The summed E-state index contributed by atoms with van der Waals surface area (Å²) in [7, 11) is 2.91. The van der Waals surface area contributed by atoms with Crippen LogP contribution in [0.5, 0.6) is 0 Å². The lowest BCUT2D eigenvalue weighted by Gasteiger charge is -2.12. The predicted molar refractivity (Wildman–Crippen MR) is 71.2 cm³/mol. The Morgan fingerprint density at radius 1 is 1.30 bits per heavy atom. The van der Waals surface area contributed by atoms with Crippen LogP contribution < -0.4 is 11.2 Å². The van der Waals surface area contributed by atoms with Crippen LogP contribution in [0.2, 0.25) is 0 Å². The molecule has 0 aliphatic heterocycles. The first-order valence-corrected chi connectivity index (χ1v) is 6.25. The van der Waals surface area contributed by atoms with E-state index in [1.54, 1.807) is 0 Å². The molecule has 0 spiro atoms. The maximum atomic E-state index is 12.3. The van der Waals surface area contributed by atoms with Crippen LogP contribution in [0.3, 0.4) is 0 Å². The molecule has 0 saturated heterocycles. The Labute approximate surface area is 113 Å². The minimum absolute atomic E-state index is 0.0516. The molecule has 104 valence electrons. The van der Waals surface area contributed by atoms with E-state index in [1.165, 1.54) is 24.9 Å². The molecule has 3 rings (SSSR count). The van der Waals surface area contributed by atoms with Gasteiger partial charge in [-0.05, 0) is 24.3 Å². The molecule has 1 saturated carbocycles. The third kappa shape index (κ3) is 1.59. The van der Waals surface area contributed by atoms with Gasteiger partial charge in [0.05, 0.1) is 10.9 Å². The first kappa shape index (κ1) is 12.6. The highest BCUT2D eigenvalue weighted by molar-refractivity contribution is 5.95. The van der Waals surface area contributed by atoms with Crippen LogP contribution in [-0.2, 0) is 14.1 Å². The van der Waals surface area contributed by atoms with Crippen molar-refractivity contribution < 1.29 is 9.90 Å². The summed E-state index contributed by atoms with van der Waals surface area (Å²) in [4.78, 5) is 39.6. The summed E-state index contributed by atoms with van der Waals surface area (Å²) in [6.07, 6.45) is 2.94. The Hall–Kier alpha value is -2.44. The molecule has 1 N–H and O–H groups in total. The average Bonchev–Trinajstić information content (AvgIpc) is 3.25. The molecule has 1 aliphatic carbocycles. The van der Waals surface area contributed by atoms with Crippen molar-refractivity contribution in [1.29, 1.82) is 0 Å². The first-order valence-electron chi connectivity index (χ1n) is 6.25. The van der Waals surface area contributed by atoms with Crippen molar-refractivity contribution in [3.05, 3.63) is 38.2 Å². The van der Waals surface area contributed by atoms with Crippen LogP contribution in [0.4, 0.5) is 0 Å². The predicted octanol–water partition coefficient (Wildman–Crippen LogP) is 0.208. The van der Waals surface area contributed by atoms with Gasteiger partial charge in [0.25, 0.3) is 5.56 Å². The normalized spacial score (nSPS) is 14.7. The third-order valence-electron chi connectivity index (χ3n) is 3.73. The van der Waals surface area contributed by atoms with Crippen LogP contribution in [0.1, 0.15) is 34.7 Å². The zero-order valence-electron chi connectivity index (χ0n) is 11.1. The quantitative estimate of drug-likeness (QED) is 0.845. The zero-order valence-corrected chi connectivity index (χ0v) is 11.1. The Kier molecular flexibility index (Phi) is 2.53. The van der Waals surface area contributed by atoms with Gasteiger partial charge in [0.15, 0.2) is 0 Å². The molecule has 7 nitrogen and oxygen atoms in total. The largest absolute Gasteiger partial charge is 0.478 e. The number of aromatic nitrogens is 3. The highest BCUT2D eigenvalue weighted by Gasteiger charge is 2.32.